The number of alkyl halides is 3. The second kappa shape index (κ2) is 11.5. The van der Waals surface area contributed by atoms with E-state index in [0.717, 1.165) is 42.0 Å². The first-order chi connectivity index (χ1) is 17.9. The van der Waals surface area contributed by atoms with Gasteiger partial charge in [-0.3, -0.25) is 4.79 Å². The molecule has 8 nitrogen and oxygen atoms in total. The van der Waals surface area contributed by atoms with Crippen molar-refractivity contribution >= 4 is 30.7 Å². The van der Waals surface area contributed by atoms with E-state index in [2.05, 4.69) is 24.6 Å². The third-order valence-corrected chi connectivity index (χ3v) is 9.22. The third-order valence-electron chi connectivity index (χ3n) is 7.52. The van der Waals surface area contributed by atoms with Gasteiger partial charge in [-0.05, 0) is 37.8 Å². The molecular formula is C26H39F3N4O4Si. The zero-order valence-electron chi connectivity index (χ0n) is 22.9. The average molecular weight is 557 g/mol. The van der Waals surface area contributed by atoms with Gasteiger partial charge in [0.2, 0.25) is 0 Å². The summed E-state index contributed by atoms with van der Waals surface area (Å²) in [6, 6.07) is 2.91. The maximum absolute atomic E-state index is 13.4. The topological polar surface area (TPSA) is 69.1 Å². The van der Waals surface area contributed by atoms with Crippen molar-refractivity contribution in [2.24, 2.45) is 5.92 Å². The Kier molecular flexibility index (Phi) is 8.75. The van der Waals surface area contributed by atoms with Crippen molar-refractivity contribution in [3.63, 3.8) is 0 Å². The van der Waals surface area contributed by atoms with Crippen LogP contribution in [-0.4, -0.2) is 81.0 Å². The highest BCUT2D eigenvalue weighted by atomic mass is 28.3. The first kappa shape index (κ1) is 28.8. The van der Waals surface area contributed by atoms with Gasteiger partial charge in [0.05, 0.1) is 17.9 Å². The Hall–Kier alpha value is -2.15. The molecule has 3 heterocycles. The number of aromatic nitrogens is 2. The number of fused-ring (bicyclic) bond motifs is 3. The second-order valence-corrected chi connectivity index (χ2v) is 17.2. The largest absolute Gasteiger partial charge is 0.406 e. The van der Waals surface area contributed by atoms with Crippen LogP contribution in [0.2, 0.25) is 25.7 Å². The molecule has 4 rings (SSSR count). The van der Waals surface area contributed by atoms with Crippen LogP contribution < -0.4 is 4.90 Å². The fourth-order valence-electron chi connectivity index (χ4n) is 5.53. The van der Waals surface area contributed by atoms with E-state index in [1.807, 2.05) is 21.7 Å². The monoisotopic (exact) mass is 556 g/mol. The van der Waals surface area contributed by atoms with Crippen LogP contribution in [0.5, 0.6) is 0 Å². The first-order valence-corrected chi connectivity index (χ1v) is 16.9. The smallest absolute Gasteiger partial charge is 0.361 e. The van der Waals surface area contributed by atoms with Crippen molar-refractivity contribution in [3.05, 3.63) is 24.0 Å². The molecule has 1 aliphatic heterocycles. The summed E-state index contributed by atoms with van der Waals surface area (Å²) in [4.78, 5) is 20.6. The number of hydrogen-bond acceptors (Lipinski definition) is 6. The number of carbonyl (C=O) groups excluding carboxylic acids is 1. The summed E-state index contributed by atoms with van der Waals surface area (Å²) in [6.07, 6.45) is 1.64. The summed E-state index contributed by atoms with van der Waals surface area (Å²) < 4.78 is 58.9. The van der Waals surface area contributed by atoms with Crippen molar-refractivity contribution in [2.75, 3.05) is 38.9 Å². The summed E-state index contributed by atoms with van der Waals surface area (Å²) >= 11 is 0. The molecule has 0 spiro atoms. The minimum absolute atomic E-state index is 0.0230. The molecule has 0 bridgehead atoms. The number of carbonyl (C=O) groups is 1. The van der Waals surface area contributed by atoms with Gasteiger partial charge < -0.3 is 28.6 Å². The Balaban J connectivity index is 1.63. The molecular weight excluding hydrogens is 517 g/mol. The SMILES string of the molecule is COC(OC)C1CCC(N2CN(CC(F)(F)F)C(=O)c3cnc4c(ccn4COCC[Si](C)(C)C)c32)CC1. The van der Waals surface area contributed by atoms with Crippen LogP contribution in [0, 0.1) is 5.92 Å². The molecule has 0 aromatic carbocycles. The fourth-order valence-corrected chi connectivity index (χ4v) is 6.28. The Bertz CT molecular complexity index is 1110. The highest BCUT2D eigenvalue weighted by molar-refractivity contribution is 6.76. The number of amides is 1. The van der Waals surface area contributed by atoms with Crippen molar-refractivity contribution in [1.29, 1.82) is 0 Å². The van der Waals surface area contributed by atoms with Gasteiger partial charge in [0, 0.05) is 58.6 Å². The van der Waals surface area contributed by atoms with E-state index in [4.69, 9.17) is 14.2 Å². The van der Waals surface area contributed by atoms with Crippen LogP contribution in [0.15, 0.2) is 18.5 Å². The van der Waals surface area contributed by atoms with Gasteiger partial charge in [-0.15, -0.1) is 0 Å². The van der Waals surface area contributed by atoms with Crippen LogP contribution in [-0.2, 0) is 20.9 Å². The maximum Gasteiger partial charge on any atom is 0.406 e. The van der Waals surface area contributed by atoms with E-state index in [1.54, 1.807) is 14.2 Å². The zero-order valence-corrected chi connectivity index (χ0v) is 23.9. The van der Waals surface area contributed by atoms with Gasteiger partial charge >= 0.3 is 6.18 Å². The van der Waals surface area contributed by atoms with Gasteiger partial charge in [-0.2, -0.15) is 13.2 Å². The van der Waals surface area contributed by atoms with Crippen LogP contribution in [0.1, 0.15) is 36.0 Å². The van der Waals surface area contributed by atoms with Crippen molar-refractivity contribution in [3.8, 4) is 0 Å². The molecule has 1 aliphatic carbocycles. The van der Waals surface area contributed by atoms with E-state index >= 15 is 0 Å². The Morgan fingerprint density at radius 2 is 1.82 bits per heavy atom. The number of anilines is 1. The number of hydrogen-bond donors (Lipinski definition) is 0. The van der Waals surface area contributed by atoms with Gasteiger partial charge in [-0.1, -0.05) is 19.6 Å². The molecule has 0 radical (unpaired) electrons. The van der Waals surface area contributed by atoms with E-state index in [-0.39, 0.29) is 30.5 Å². The lowest BCUT2D eigenvalue weighted by molar-refractivity contribution is -0.145. The predicted molar refractivity (Wildman–Crippen MR) is 142 cm³/mol. The molecule has 2 aliphatic rings. The molecule has 2 aromatic rings. The van der Waals surface area contributed by atoms with Crippen LogP contribution >= 0.6 is 0 Å². The van der Waals surface area contributed by atoms with E-state index in [9.17, 15) is 18.0 Å². The summed E-state index contributed by atoms with van der Waals surface area (Å²) in [7, 11) is 2.01. The molecule has 212 valence electrons. The van der Waals surface area contributed by atoms with Gasteiger partial charge in [0.25, 0.3) is 5.91 Å². The summed E-state index contributed by atoms with van der Waals surface area (Å²) in [5, 5.41) is 0.755. The fraction of sp³-hybridized carbons (Fsp3) is 0.692. The Labute approximate surface area is 223 Å². The molecule has 0 N–H and O–H groups in total. The summed E-state index contributed by atoms with van der Waals surface area (Å²) in [6.45, 7) is 6.45. The number of methoxy groups -OCH3 is 2. The minimum atomic E-state index is -4.49. The van der Waals surface area contributed by atoms with Crippen LogP contribution in [0.25, 0.3) is 11.0 Å². The highest BCUT2D eigenvalue weighted by Gasteiger charge is 2.41. The normalized spacial score (nSPS) is 21.0. The molecule has 0 unspecified atom stereocenters. The minimum Gasteiger partial charge on any atom is -0.361 e. The molecule has 1 saturated carbocycles. The number of halogens is 3. The lowest BCUT2D eigenvalue weighted by atomic mass is 9.84. The van der Waals surface area contributed by atoms with Crippen molar-refractivity contribution in [2.45, 2.75) is 76.6 Å². The zero-order chi connectivity index (χ0) is 27.7. The Morgan fingerprint density at radius 1 is 1.13 bits per heavy atom. The van der Waals surface area contributed by atoms with Crippen molar-refractivity contribution < 1.29 is 32.2 Å². The average Bonchev–Trinajstić information content (AvgIpc) is 3.26. The van der Waals surface area contributed by atoms with Gasteiger partial charge in [0.1, 0.15) is 18.9 Å². The summed E-state index contributed by atoms with van der Waals surface area (Å²) in [5.41, 5.74) is 1.53. The number of ether oxygens (including phenoxy) is 3. The quantitative estimate of drug-likeness (QED) is 0.225. The number of pyridine rings is 1. The third kappa shape index (κ3) is 6.52. The molecule has 12 heteroatoms. The lowest BCUT2D eigenvalue weighted by Gasteiger charge is -2.45. The maximum atomic E-state index is 13.4. The Morgan fingerprint density at radius 3 is 2.42 bits per heavy atom. The molecule has 1 fully saturated rings. The molecule has 0 atom stereocenters. The number of rotatable bonds is 10. The van der Waals surface area contributed by atoms with E-state index in [1.165, 1.54) is 6.20 Å². The standard InChI is InChI=1S/C26H39F3N4O4Si/c1-35-25(36-2)18-6-8-19(9-7-18)33-16-32(15-26(27,28)29)24(34)21-14-30-23-20(22(21)33)10-11-31(23)17-37-12-13-38(3,4)5/h10-11,14,18-19,25H,6-9,12-13,15-17H2,1-5H3. The van der Waals surface area contributed by atoms with E-state index < -0.39 is 26.7 Å². The second-order valence-electron chi connectivity index (χ2n) is 11.5. The lowest BCUT2D eigenvalue weighted by Crippen LogP contribution is -2.54. The molecule has 38 heavy (non-hydrogen) atoms. The molecule has 0 saturated heterocycles. The predicted octanol–water partition coefficient (Wildman–Crippen LogP) is 5.31. The van der Waals surface area contributed by atoms with Gasteiger partial charge in [0.15, 0.2) is 6.29 Å². The van der Waals surface area contributed by atoms with Crippen LogP contribution in [0.4, 0.5) is 18.9 Å². The number of nitrogens with zero attached hydrogens (tertiary/aromatic N) is 4. The molecule has 1 amide bonds. The van der Waals surface area contributed by atoms with E-state index in [0.29, 0.717) is 24.7 Å². The first-order valence-electron chi connectivity index (χ1n) is 13.2. The van der Waals surface area contributed by atoms with Gasteiger partial charge in [-0.25, -0.2) is 4.98 Å². The van der Waals surface area contributed by atoms with Crippen LogP contribution in [0.3, 0.4) is 0 Å². The highest BCUT2D eigenvalue weighted by Crippen LogP contribution is 2.40. The van der Waals surface area contributed by atoms with Crippen molar-refractivity contribution in [1.82, 2.24) is 14.5 Å². The molecule has 2 aromatic heterocycles. The summed E-state index contributed by atoms with van der Waals surface area (Å²) in [5.74, 6) is -0.431.